The third-order valence-electron chi connectivity index (χ3n) is 4.85. The summed E-state index contributed by atoms with van der Waals surface area (Å²) in [5.74, 6) is 0.299. The Labute approximate surface area is 150 Å². The third kappa shape index (κ3) is 3.19. The van der Waals surface area contributed by atoms with Gasteiger partial charge in [0.05, 0.1) is 10.6 Å². The molecule has 1 N–H and O–H groups in total. The van der Waals surface area contributed by atoms with Gasteiger partial charge in [0.1, 0.15) is 12.2 Å². The number of fused-ring (bicyclic) bond motifs is 1. The first-order valence-electron chi connectivity index (χ1n) is 8.63. The monoisotopic (exact) mass is 355 g/mol. The van der Waals surface area contributed by atoms with E-state index in [4.69, 9.17) is 0 Å². The van der Waals surface area contributed by atoms with E-state index in [0.29, 0.717) is 6.54 Å². The summed E-state index contributed by atoms with van der Waals surface area (Å²) in [4.78, 5) is 20.4. The summed E-state index contributed by atoms with van der Waals surface area (Å²) in [7, 11) is 0. The summed E-state index contributed by atoms with van der Waals surface area (Å²) in [6.45, 7) is 1.86. The fourth-order valence-corrected chi connectivity index (χ4v) is 4.30. The Kier molecular flexibility index (Phi) is 4.55. The van der Waals surface area contributed by atoms with Crippen molar-refractivity contribution in [3.05, 3.63) is 41.9 Å². The van der Waals surface area contributed by atoms with Gasteiger partial charge in [-0.1, -0.05) is 6.07 Å². The van der Waals surface area contributed by atoms with Crippen molar-refractivity contribution in [2.75, 3.05) is 19.7 Å². The Morgan fingerprint density at radius 3 is 3.08 bits per heavy atom. The van der Waals surface area contributed by atoms with E-state index >= 15 is 0 Å². The predicted octanol–water partition coefficient (Wildman–Crippen LogP) is 3.00. The van der Waals surface area contributed by atoms with Crippen molar-refractivity contribution in [3.8, 4) is 10.6 Å². The largest absolute Gasteiger partial charge is 0.396 e. The molecule has 3 aromatic rings. The first-order chi connectivity index (χ1) is 12.3. The molecule has 0 unspecified atom stereocenters. The van der Waals surface area contributed by atoms with Crippen LogP contribution in [-0.4, -0.2) is 45.2 Å². The second-order valence-corrected chi connectivity index (χ2v) is 7.49. The minimum atomic E-state index is 0.0964. The molecular weight excluding hydrogens is 334 g/mol. The van der Waals surface area contributed by atoms with Crippen LogP contribution in [0.1, 0.15) is 12.8 Å². The quantitative estimate of drug-likeness (QED) is 0.783. The summed E-state index contributed by atoms with van der Waals surface area (Å²) >= 11 is 1.67. The first kappa shape index (κ1) is 16.3. The normalized spacial score (nSPS) is 18.0. The summed E-state index contributed by atoms with van der Waals surface area (Å²) in [6, 6.07) is 10.1. The van der Waals surface area contributed by atoms with Gasteiger partial charge in [-0.3, -0.25) is 4.79 Å². The van der Waals surface area contributed by atoms with Gasteiger partial charge in [-0.15, -0.1) is 11.3 Å². The maximum atomic E-state index is 12.9. The van der Waals surface area contributed by atoms with Gasteiger partial charge in [-0.2, -0.15) is 0 Å². The zero-order valence-corrected chi connectivity index (χ0v) is 14.8. The molecule has 1 amide bonds. The van der Waals surface area contributed by atoms with Crippen molar-refractivity contribution in [2.24, 2.45) is 5.92 Å². The smallest absolute Gasteiger partial charge is 0.242 e. The number of hydrogen-bond donors (Lipinski definition) is 1. The number of piperidine rings is 1. The molecule has 0 aliphatic carbocycles. The second kappa shape index (κ2) is 6.98. The van der Waals surface area contributed by atoms with Crippen molar-refractivity contribution < 1.29 is 9.90 Å². The molecule has 1 atom stereocenters. The molecule has 1 saturated heterocycles. The predicted molar refractivity (Wildman–Crippen MR) is 99.4 cm³/mol. The van der Waals surface area contributed by atoms with Crippen LogP contribution in [0, 0.1) is 5.92 Å². The molecule has 4 rings (SSSR count). The van der Waals surface area contributed by atoms with E-state index in [1.807, 2.05) is 33.0 Å². The molecule has 0 bridgehead atoms. The zero-order valence-electron chi connectivity index (χ0n) is 14.0. The van der Waals surface area contributed by atoms with Gasteiger partial charge >= 0.3 is 0 Å². The third-order valence-corrected chi connectivity index (χ3v) is 5.74. The maximum absolute atomic E-state index is 12.9. The van der Waals surface area contributed by atoms with Crippen LogP contribution < -0.4 is 0 Å². The number of carbonyl (C=O) groups is 1. The number of aliphatic hydroxyl groups is 1. The van der Waals surface area contributed by atoms with Crippen LogP contribution in [0.5, 0.6) is 0 Å². The number of nitrogens with zero attached hydrogens (tertiary/aromatic N) is 3. The lowest BCUT2D eigenvalue weighted by Gasteiger charge is -2.32. The van der Waals surface area contributed by atoms with Crippen molar-refractivity contribution in [1.82, 2.24) is 14.5 Å². The van der Waals surface area contributed by atoms with Crippen molar-refractivity contribution in [1.29, 1.82) is 0 Å². The van der Waals surface area contributed by atoms with Crippen LogP contribution in [0.15, 0.2) is 41.9 Å². The summed E-state index contributed by atoms with van der Waals surface area (Å²) in [6.07, 6.45) is 3.72. The van der Waals surface area contributed by atoms with Crippen LogP contribution >= 0.6 is 11.3 Å². The van der Waals surface area contributed by atoms with Crippen LogP contribution in [-0.2, 0) is 11.3 Å². The Morgan fingerprint density at radius 2 is 2.28 bits per heavy atom. The Bertz CT molecular complexity index is 872. The van der Waals surface area contributed by atoms with Gasteiger partial charge in [-0.05, 0) is 48.4 Å². The van der Waals surface area contributed by atoms with Crippen molar-refractivity contribution in [2.45, 2.75) is 19.4 Å². The Morgan fingerprint density at radius 1 is 1.36 bits per heavy atom. The fourth-order valence-electron chi connectivity index (χ4n) is 3.55. The number of aliphatic hydroxyl groups excluding tert-OH is 1. The van der Waals surface area contributed by atoms with E-state index in [-0.39, 0.29) is 25.0 Å². The molecule has 0 aromatic carbocycles. The molecule has 1 fully saturated rings. The Hall–Kier alpha value is -2.18. The summed E-state index contributed by atoms with van der Waals surface area (Å²) < 4.78 is 2.02. The van der Waals surface area contributed by atoms with E-state index in [1.165, 1.54) is 0 Å². The molecule has 3 aromatic heterocycles. The molecule has 4 heterocycles. The molecule has 0 radical (unpaired) electrons. The number of aromatic nitrogens is 2. The average Bonchev–Trinajstić information content (AvgIpc) is 3.30. The maximum Gasteiger partial charge on any atom is 0.242 e. The first-order valence-corrected chi connectivity index (χ1v) is 9.51. The SMILES string of the molecule is O=C(Cn1c(-c2cccs2)cc2cccnc21)N1CCC[C@H](CO)C1. The highest BCUT2D eigenvalue weighted by atomic mass is 32.1. The fraction of sp³-hybridized carbons (Fsp3) is 0.368. The summed E-state index contributed by atoms with van der Waals surface area (Å²) in [5, 5.41) is 12.5. The van der Waals surface area contributed by atoms with Crippen LogP contribution in [0.4, 0.5) is 0 Å². The van der Waals surface area contributed by atoms with E-state index in [2.05, 4.69) is 17.1 Å². The summed E-state index contributed by atoms with van der Waals surface area (Å²) in [5.41, 5.74) is 1.88. The highest BCUT2D eigenvalue weighted by Gasteiger charge is 2.24. The molecule has 0 saturated carbocycles. The lowest BCUT2D eigenvalue weighted by Crippen LogP contribution is -2.42. The molecule has 6 heteroatoms. The highest BCUT2D eigenvalue weighted by molar-refractivity contribution is 7.13. The molecule has 130 valence electrons. The van der Waals surface area contributed by atoms with Gasteiger partial charge in [-0.25, -0.2) is 4.98 Å². The van der Waals surface area contributed by atoms with Crippen LogP contribution in [0.3, 0.4) is 0 Å². The molecule has 0 spiro atoms. The number of amides is 1. The van der Waals surface area contributed by atoms with Crippen LogP contribution in [0.25, 0.3) is 21.6 Å². The second-order valence-electron chi connectivity index (χ2n) is 6.54. The lowest BCUT2D eigenvalue weighted by molar-refractivity contribution is -0.133. The van der Waals surface area contributed by atoms with E-state index in [9.17, 15) is 9.90 Å². The number of likely N-dealkylation sites (tertiary alicyclic amines) is 1. The molecule has 5 nitrogen and oxygen atoms in total. The standard InChI is InChI=1S/C19H21N3O2S/c23-13-14-4-2-8-21(11-14)18(24)12-22-16(17-6-3-9-25-17)10-15-5-1-7-20-19(15)22/h1,3,5-7,9-10,14,23H,2,4,8,11-13H2/t14-/m0/s1. The molecule has 25 heavy (non-hydrogen) atoms. The lowest BCUT2D eigenvalue weighted by atomic mass is 9.99. The van der Waals surface area contributed by atoms with E-state index < -0.39 is 0 Å². The van der Waals surface area contributed by atoms with E-state index in [1.54, 1.807) is 17.5 Å². The van der Waals surface area contributed by atoms with Gasteiger partial charge in [0, 0.05) is 31.3 Å². The highest BCUT2D eigenvalue weighted by Crippen LogP contribution is 2.30. The zero-order chi connectivity index (χ0) is 17.2. The Balaban J connectivity index is 1.66. The minimum absolute atomic E-state index is 0.0964. The number of carbonyl (C=O) groups excluding carboxylic acids is 1. The topological polar surface area (TPSA) is 58.4 Å². The number of thiophene rings is 1. The number of pyridine rings is 1. The van der Waals surface area contributed by atoms with Gasteiger partial charge in [0.25, 0.3) is 0 Å². The van der Waals surface area contributed by atoms with Crippen molar-refractivity contribution >= 4 is 28.3 Å². The minimum Gasteiger partial charge on any atom is -0.396 e. The number of rotatable bonds is 4. The average molecular weight is 355 g/mol. The van der Waals surface area contributed by atoms with E-state index in [0.717, 1.165) is 41.0 Å². The van der Waals surface area contributed by atoms with Crippen molar-refractivity contribution in [3.63, 3.8) is 0 Å². The van der Waals surface area contributed by atoms with Gasteiger partial charge < -0.3 is 14.6 Å². The van der Waals surface area contributed by atoms with Gasteiger partial charge in [0.2, 0.25) is 5.91 Å². The molecule has 1 aliphatic heterocycles. The molecular formula is C19H21N3O2S. The van der Waals surface area contributed by atoms with Gasteiger partial charge in [0.15, 0.2) is 0 Å². The number of hydrogen-bond acceptors (Lipinski definition) is 4. The molecule has 1 aliphatic rings. The van der Waals surface area contributed by atoms with Crippen LogP contribution in [0.2, 0.25) is 0 Å².